The number of nitrogens with zero attached hydrogens (tertiary/aromatic N) is 4. The Bertz CT molecular complexity index is 958. The van der Waals surface area contributed by atoms with Crippen molar-refractivity contribution >= 4 is 47.3 Å². The van der Waals surface area contributed by atoms with Gasteiger partial charge in [-0.2, -0.15) is 4.90 Å². The average Bonchev–Trinajstić information content (AvgIpc) is 2.67. The zero-order valence-electron chi connectivity index (χ0n) is 20.2. The molecule has 3 amide bonds. The van der Waals surface area contributed by atoms with E-state index in [1.54, 1.807) is 47.8 Å². The summed E-state index contributed by atoms with van der Waals surface area (Å²) < 4.78 is 10.7. The lowest BCUT2D eigenvalue weighted by molar-refractivity contribution is -0.118. The monoisotopic (exact) mass is 498 g/mol. The molecule has 1 atom stereocenters. The van der Waals surface area contributed by atoms with E-state index in [4.69, 9.17) is 9.47 Å². The molecule has 0 fully saturated rings. The second-order valence-corrected chi connectivity index (χ2v) is 10.2. The van der Waals surface area contributed by atoms with Crippen molar-refractivity contribution in [2.45, 2.75) is 70.4 Å². The van der Waals surface area contributed by atoms with E-state index in [0.29, 0.717) is 4.90 Å². The predicted molar refractivity (Wildman–Crippen MR) is 123 cm³/mol. The van der Waals surface area contributed by atoms with Crippen LogP contribution in [0.1, 0.15) is 58.3 Å². The van der Waals surface area contributed by atoms with E-state index in [0.717, 1.165) is 16.7 Å². The minimum atomic E-state index is -1.31. The number of amides is 3. The number of aliphatic hydroxyl groups is 2. The minimum Gasteiger partial charge on any atom is -0.443 e. The quantitative estimate of drug-likeness (QED) is 0.348. The molecular formula is C21H30N4O8S. The number of aromatic nitrogens is 2. The number of thioether (sulfide) groups is 1. The minimum absolute atomic E-state index is 0.0388. The van der Waals surface area contributed by atoms with Crippen molar-refractivity contribution in [2.24, 2.45) is 0 Å². The Balaban J connectivity index is 2.77. The lowest BCUT2D eigenvalue weighted by Crippen LogP contribution is -2.47. The Labute approximate surface area is 201 Å². The van der Waals surface area contributed by atoms with Gasteiger partial charge < -0.3 is 19.7 Å². The average molecular weight is 499 g/mol. The van der Waals surface area contributed by atoms with Crippen LogP contribution in [0.2, 0.25) is 0 Å². The van der Waals surface area contributed by atoms with Gasteiger partial charge in [0.2, 0.25) is 5.91 Å². The van der Waals surface area contributed by atoms with Gasteiger partial charge in [0.15, 0.2) is 22.6 Å². The summed E-state index contributed by atoms with van der Waals surface area (Å²) in [5, 5.41) is 19.2. The number of ether oxygens (including phenoxy) is 2. The summed E-state index contributed by atoms with van der Waals surface area (Å²) in [6.07, 6.45) is -2.58. The summed E-state index contributed by atoms with van der Waals surface area (Å²) in [6, 6.07) is 0. The van der Waals surface area contributed by atoms with Gasteiger partial charge in [-0.05, 0) is 47.8 Å². The van der Waals surface area contributed by atoms with Crippen LogP contribution in [-0.4, -0.2) is 80.8 Å². The van der Waals surface area contributed by atoms with Crippen LogP contribution in [0.4, 0.5) is 21.2 Å². The second kappa shape index (κ2) is 10.2. The van der Waals surface area contributed by atoms with Gasteiger partial charge in [-0.1, -0.05) is 11.8 Å². The highest BCUT2D eigenvalue weighted by Crippen LogP contribution is 2.36. The first-order chi connectivity index (χ1) is 15.6. The van der Waals surface area contributed by atoms with E-state index in [2.05, 4.69) is 9.97 Å². The summed E-state index contributed by atoms with van der Waals surface area (Å²) in [7, 11) is 0. The zero-order chi connectivity index (χ0) is 26.0. The molecule has 13 heteroatoms. The maximum atomic E-state index is 13.1. The van der Waals surface area contributed by atoms with Gasteiger partial charge in [-0.15, -0.1) is 0 Å². The molecule has 0 saturated carbocycles. The number of fused-ring (bicyclic) bond motifs is 1. The largest absolute Gasteiger partial charge is 0.443 e. The molecule has 0 radical (unpaired) electrons. The fourth-order valence-corrected chi connectivity index (χ4v) is 3.23. The second-order valence-electron chi connectivity index (χ2n) is 9.47. The fourth-order valence-electron chi connectivity index (χ4n) is 2.87. The molecule has 0 aromatic carbocycles. The van der Waals surface area contributed by atoms with Crippen LogP contribution in [0.5, 0.6) is 0 Å². The molecular weight excluding hydrogens is 468 g/mol. The van der Waals surface area contributed by atoms with Crippen molar-refractivity contribution in [3.63, 3.8) is 0 Å². The van der Waals surface area contributed by atoms with Gasteiger partial charge in [0.25, 0.3) is 0 Å². The maximum Gasteiger partial charge on any atom is 0.425 e. The third-order valence-electron chi connectivity index (χ3n) is 4.15. The van der Waals surface area contributed by atoms with Crippen LogP contribution in [0.3, 0.4) is 0 Å². The van der Waals surface area contributed by atoms with Crippen molar-refractivity contribution in [1.29, 1.82) is 0 Å². The van der Waals surface area contributed by atoms with Gasteiger partial charge in [-0.3, -0.25) is 14.5 Å². The lowest BCUT2D eigenvalue weighted by atomic mass is 10.0. The van der Waals surface area contributed by atoms with Crippen LogP contribution in [0, 0.1) is 0 Å². The third-order valence-corrected chi connectivity index (χ3v) is 4.70. The predicted octanol–water partition coefficient (Wildman–Crippen LogP) is 2.15. The van der Waals surface area contributed by atoms with Crippen LogP contribution >= 0.6 is 11.8 Å². The van der Waals surface area contributed by atoms with Gasteiger partial charge in [-0.25, -0.2) is 19.6 Å². The topological polar surface area (TPSA) is 159 Å². The van der Waals surface area contributed by atoms with Crippen molar-refractivity contribution in [3.05, 3.63) is 5.56 Å². The first-order valence-corrected chi connectivity index (χ1v) is 11.6. The van der Waals surface area contributed by atoms with E-state index in [1.807, 2.05) is 0 Å². The number of Topliss-reactive ketones (excluding diaryl/α,β-unsaturated/α-hetero) is 1. The molecule has 1 aliphatic rings. The van der Waals surface area contributed by atoms with Crippen LogP contribution in [0.25, 0.3) is 0 Å². The Morgan fingerprint density at radius 2 is 1.62 bits per heavy atom. The highest BCUT2D eigenvalue weighted by Gasteiger charge is 2.42. The Morgan fingerprint density at radius 3 is 2.06 bits per heavy atom. The fraction of sp³-hybridized carbons (Fsp3) is 0.619. The smallest absolute Gasteiger partial charge is 0.425 e. The standard InChI is InChI=1S/C21H30N4O8S/c1-20(2,3)32-18(30)25(19(31)33-21(4,5)6)16-14-12(28)8-13(29)24(9-11(27)10-26)15(14)22-17(23-16)34-7/h11,26-27H,8-10H2,1-7H3. The summed E-state index contributed by atoms with van der Waals surface area (Å²) in [5.41, 5.74) is -2.27. The molecule has 1 aliphatic heterocycles. The van der Waals surface area contributed by atoms with Crippen molar-refractivity contribution in [2.75, 3.05) is 29.2 Å². The molecule has 0 spiro atoms. The molecule has 2 N–H and O–H groups in total. The van der Waals surface area contributed by atoms with Crippen LogP contribution in [-0.2, 0) is 14.3 Å². The Morgan fingerprint density at radius 1 is 1.09 bits per heavy atom. The number of ketones is 1. The summed E-state index contributed by atoms with van der Waals surface area (Å²) >= 11 is 1.04. The highest BCUT2D eigenvalue weighted by atomic mass is 32.2. The summed E-state index contributed by atoms with van der Waals surface area (Å²) in [4.78, 5) is 61.8. The normalized spacial score (nSPS) is 15.0. The summed E-state index contributed by atoms with van der Waals surface area (Å²) in [6.45, 7) is 8.60. The molecule has 2 rings (SSSR count). The van der Waals surface area contributed by atoms with Crippen molar-refractivity contribution in [3.8, 4) is 0 Å². The van der Waals surface area contributed by atoms with Gasteiger partial charge >= 0.3 is 12.2 Å². The molecule has 0 saturated heterocycles. The number of aliphatic hydroxyl groups excluding tert-OH is 2. The molecule has 1 unspecified atom stereocenters. The van der Waals surface area contributed by atoms with E-state index >= 15 is 0 Å². The molecule has 0 aliphatic carbocycles. The lowest BCUT2D eigenvalue weighted by Gasteiger charge is -2.32. The number of hydrogen-bond donors (Lipinski definition) is 2. The van der Waals surface area contributed by atoms with Crippen LogP contribution < -0.4 is 9.80 Å². The molecule has 1 aromatic rings. The Kier molecular flexibility index (Phi) is 8.27. The van der Waals surface area contributed by atoms with Gasteiger partial charge in [0.1, 0.15) is 16.8 Å². The van der Waals surface area contributed by atoms with E-state index in [9.17, 15) is 29.4 Å². The van der Waals surface area contributed by atoms with Crippen molar-refractivity contribution < 1.29 is 38.9 Å². The van der Waals surface area contributed by atoms with Gasteiger partial charge in [0, 0.05) is 0 Å². The van der Waals surface area contributed by atoms with E-state index in [-0.39, 0.29) is 23.1 Å². The number of β-amino-alcohol motifs (C(OH)–C–C–N with tert-alkyl or cyclic N) is 1. The zero-order valence-corrected chi connectivity index (χ0v) is 21.1. The number of carbonyl (C=O) groups is 4. The van der Waals surface area contributed by atoms with Gasteiger partial charge in [0.05, 0.1) is 25.7 Å². The Hall–Kier alpha value is -2.77. The van der Waals surface area contributed by atoms with Crippen molar-refractivity contribution in [1.82, 2.24) is 9.97 Å². The maximum absolute atomic E-state index is 13.1. The molecule has 34 heavy (non-hydrogen) atoms. The number of rotatable bonds is 5. The molecule has 12 nitrogen and oxygen atoms in total. The SMILES string of the molecule is CSc1nc2c(c(N(C(=O)OC(C)(C)C)C(=O)OC(C)(C)C)n1)C(=O)CC(=O)N2CC(O)CO. The number of anilines is 2. The number of hydrogen-bond acceptors (Lipinski definition) is 11. The van der Waals surface area contributed by atoms with Crippen LogP contribution in [0.15, 0.2) is 5.16 Å². The highest BCUT2D eigenvalue weighted by molar-refractivity contribution is 7.98. The number of carbonyl (C=O) groups excluding carboxylic acids is 4. The molecule has 2 heterocycles. The molecule has 0 bridgehead atoms. The first kappa shape index (κ1) is 27.5. The van der Waals surface area contributed by atoms with E-state index < -0.39 is 60.0 Å². The third kappa shape index (κ3) is 6.64. The molecule has 188 valence electrons. The number of imide groups is 1. The van der Waals surface area contributed by atoms with E-state index in [1.165, 1.54) is 0 Å². The first-order valence-electron chi connectivity index (χ1n) is 10.4. The molecule has 1 aromatic heterocycles. The summed E-state index contributed by atoms with van der Waals surface area (Å²) in [5.74, 6) is -1.99.